The molecule has 2 aromatic rings. The van der Waals surface area contributed by atoms with Gasteiger partial charge in [-0.1, -0.05) is 6.07 Å². The minimum Gasteiger partial charge on any atom is -0.344 e. The zero-order valence-corrected chi connectivity index (χ0v) is 14.6. The average molecular weight is 344 g/mol. The molecule has 1 atom stereocenters. The zero-order chi connectivity index (χ0) is 17.1. The van der Waals surface area contributed by atoms with Gasteiger partial charge in [-0.3, -0.25) is 14.6 Å². The average Bonchev–Trinajstić information content (AvgIpc) is 3.06. The Bertz CT molecular complexity index is 731. The normalized spacial score (nSPS) is 17.8. The molecule has 0 N–H and O–H groups in total. The van der Waals surface area contributed by atoms with Crippen LogP contribution >= 0.6 is 11.3 Å². The van der Waals surface area contributed by atoms with Crippen LogP contribution in [0.5, 0.6) is 0 Å². The minimum absolute atomic E-state index is 0.0284. The van der Waals surface area contributed by atoms with Crippen LogP contribution in [0.3, 0.4) is 0 Å². The fourth-order valence-corrected chi connectivity index (χ4v) is 3.58. The topological polar surface area (TPSA) is 66.4 Å². The Hall–Kier alpha value is -2.28. The number of hydrogen-bond acceptors (Lipinski definition) is 5. The summed E-state index contributed by atoms with van der Waals surface area (Å²) < 4.78 is 0. The molecule has 1 aliphatic rings. The van der Waals surface area contributed by atoms with Gasteiger partial charge in [0.15, 0.2) is 0 Å². The summed E-state index contributed by atoms with van der Waals surface area (Å²) in [5.74, 6) is 0.173. The lowest BCUT2D eigenvalue weighted by molar-refractivity contribution is -0.139. The van der Waals surface area contributed by atoms with Gasteiger partial charge in [-0.05, 0) is 18.6 Å². The smallest absolute Gasteiger partial charge is 0.228 e. The highest BCUT2D eigenvalue weighted by atomic mass is 32.1. The van der Waals surface area contributed by atoms with Crippen LogP contribution in [0.2, 0.25) is 0 Å². The molecular weight excluding hydrogens is 324 g/mol. The number of likely N-dealkylation sites (tertiary alicyclic amines) is 1. The van der Waals surface area contributed by atoms with Crippen molar-refractivity contribution >= 4 is 23.2 Å². The van der Waals surface area contributed by atoms with Crippen LogP contribution in [0.1, 0.15) is 18.5 Å². The number of piperidine rings is 1. The second-order valence-electron chi connectivity index (χ2n) is 6.01. The summed E-state index contributed by atoms with van der Waals surface area (Å²) in [7, 11) is 3.59. The molecule has 1 aliphatic heterocycles. The third-order valence-electron chi connectivity index (χ3n) is 4.31. The molecule has 0 aromatic carbocycles. The largest absolute Gasteiger partial charge is 0.344 e. The summed E-state index contributed by atoms with van der Waals surface area (Å²) in [5, 5.41) is 2.73. The first-order chi connectivity index (χ1) is 11.5. The first-order valence-corrected chi connectivity index (χ1v) is 8.78. The predicted molar refractivity (Wildman–Crippen MR) is 92.5 cm³/mol. The minimum atomic E-state index is 0.0284. The maximum absolute atomic E-state index is 12.5. The molecule has 1 fully saturated rings. The molecule has 24 heavy (non-hydrogen) atoms. The van der Waals surface area contributed by atoms with E-state index < -0.39 is 0 Å². The number of carbonyl (C=O) groups excluding carboxylic acids is 2. The lowest BCUT2D eigenvalue weighted by Gasteiger charge is -2.35. The first-order valence-electron chi connectivity index (χ1n) is 7.90. The zero-order valence-electron chi connectivity index (χ0n) is 13.8. The predicted octanol–water partition coefficient (Wildman–Crippen LogP) is 1.83. The van der Waals surface area contributed by atoms with Crippen LogP contribution in [-0.2, 0) is 16.0 Å². The molecule has 7 heteroatoms. The van der Waals surface area contributed by atoms with E-state index in [-0.39, 0.29) is 24.3 Å². The standard InChI is InChI=1S/C17H20N4O2S/c1-20-10-13(6-7-15(20)22)21(2)16(23)9-12-11-24-17(19-12)14-5-3-4-8-18-14/h3-5,8,11,13H,6-7,9-10H2,1-2H3. The van der Waals surface area contributed by atoms with E-state index >= 15 is 0 Å². The fourth-order valence-electron chi connectivity index (χ4n) is 2.78. The number of thiazole rings is 1. The maximum Gasteiger partial charge on any atom is 0.228 e. The number of nitrogens with zero attached hydrogens (tertiary/aromatic N) is 4. The van der Waals surface area contributed by atoms with Gasteiger partial charge in [0.1, 0.15) is 5.01 Å². The molecule has 0 bridgehead atoms. The van der Waals surface area contributed by atoms with E-state index in [2.05, 4.69) is 9.97 Å². The van der Waals surface area contributed by atoms with Crippen molar-refractivity contribution in [1.29, 1.82) is 0 Å². The maximum atomic E-state index is 12.5. The summed E-state index contributed by atoms with van der Waals surface area (Å²) >= 11 is 1.50. The van der Waals surface area contributed by atoms with E-state index in [0.29, 0.717) is 13.0 Å². The Balaban J connectivity index is 1.63. The van der Waals surface area contributed by atoms with Crippen molar-refractivity contribution in [3.05, 3.63) is 35.5 Å². The lowest BCUT2D eigenvalue weighted by Crippen LogP contribution is -2.49. The van der Waals surface area contributed by atoms with Crippen molar-refractivity contribution in [2.75, 3.05) is 20.6 Å². The molecule has 3 heterocycles. The second-order valence-corrected chi connectivity index (χ2v) is 6.87. The van der Waals surface area contributed by atoms with Crippen LogP contribution in [0.4, 0.5) is 0 Å². The molecule has 3 rings (SSSR count). The van der Waals surface area contributed by atoms with Gasteiger partial charge in [0.25, 0.3) is 0 Å². The molecule has 1 saturated heterocycles. The summed E-state index contributed by atoms with van der Waals surface area (Å²) in [4.78, 5) is 36.3. The van der Waals surface area contributed by atoms with Crippen molar-refractivity contribution < 1.29 is 9.59 Å². The Morgan fingerprint density at radius 2 is 2.29 bits per heavy atom. The highest BCUT2D eigenvalue weighted by molar-refractivity contribution is 7.13. The van der Waals surface area contributed by atoms with Crippen molar-refractivity contribution in [2.24, 2.45) is 0 Å². The molecule has 0 radical (unpaired) electrons. The van der Waals surface area contributed by atoms with Crippen LogP contribution in [0, 0.1) is 0 Å². The molecule has 0 spiro atoms. The fraction of sp³-hybridized carbons (Fsp3) is 0.412. The van der Waals surface area contributed by atoms with E-state index in [9.17, 15) is 9.59 Å². The van der Waals surface area contributed by atoms with Crippen LogP contribution in [0.25, 0.3) is 10.7 Å². The SMILES string of the molecule is CN1CC(N(C)C(=O)Cc2csc(-c3ccccn3)n2)CCC1=O. The highest BCUT2D eigenvalue weighted by Gasteiger charge is 2.28. The molecule has 126 valence electrons. The number of carbonyl (C=O) groups is 2. The third kappa shape index (κ3) is 3.62. The number of likely N-dealkylation sites (N-methyl/N-ethyl adjacent to an activating group) is 2. The van der Waals surface area contributed by atoms with Crippen LogP contribution < -0.4 is 0 Å². The third-order valence-corrected chi connectivity index (χ3v) is 5.22. The number of aromatic nitrogens is 2. The monoisotopic (exact) mass is 344 g/mol. The Labute approximate surface area is 145 Å². The number of rotatable bonds is 4. The van der Waals surface area contributed by atoms with E-state index in [1.807, 2.05) is 30.6 Å². The highest BCUT2D eigenvalue weighted by Crippen LogP contribution is 2.22. The van der Waals surface area contributed by atoms with Crippen molar-refractivity contribution in [1.82, 2.24) is 19.8 Å². The Morgan fingerprint density at radius 3 is 3.00 bits per heavy atom. The van der Waals surface area contributed by atoms with Gasteiger partial charge in [0.2, 0.25) is 11.8 Å². The van der Waals surface area contributed by atoms with Gasteiger partial charge in [0.05, 0.1) is 17.8 Å². The summed E-state index contributed by atoms with van der Waals surface area (Å²) in [6.45, 7) is 0.595. The van der Waals surface area contributed by atoms with Crippen LogP contribution in [0.15, 0.2) is 29.8 Å². The summed E-state index contributed by atoms with van der Waals surface area (Å²) in [6, 6.07) is 5.77. The molecular formula is C17H20N4O2S. The van der Waals surface area contributed by atoms with Crippen LogP contribution in [-0.4, -0.2) is 58.3 Å². The van der Waals surface area contributed by atoms with Crippen molar-refractivity contribution in [3.8, 4) is 10.7 Å². The molecule has 1 unspecified atom stereocenters. The van der Waals surface area contributed by atoms with Gasteiger partial charge < -0.3 is 9.80 Å². The molecule has 0 saturated carbocycles. The number of amides is 2. The van der Waals surface area contributed by atoms with Gasteiger partial charge >= 0.3 is 0 Å². The van der Waals surface area contributed by atoms with E-state index in [1.54, 1.807) is 23.0 Å². The Kier molecular flexibility index (Phi) is 4.89. The van der Waals surface area contributed by atoms with Gasteiger partial charge in [-0.15, -0.1) is 11.3 Å². The summed E-state index contributed by atoms with van der Waals surface area (Å²) in [5.41, 5.74) is 1.58. The van der Waals surface area contributed by atoms with E-state index in [1.165, 1.54) is 11.3 Å². The quantitative estimate of drug-likeness (QED) is 0.849. The summed E-state index contributed by atoms with van der Waals surface area (Å²) in [6.07, 6.45) is 3.23. The first kappa shape index (κ1) is 16.6. The van der Waals surface area contributed by atoms with Gasteiger partial charge in [0, 0.05) is 44.7 Å². The Morgan fingerprint density at radius 1 is 1.46 bits per heavy atom. The molecule has 0 aliphatic carbocycles. The second kappa shape index (κ2) is 7.09. The molecule has 2 amide bonds. The van der Waals surface area contributed by atoms with E-state index in [4.69, 9.17) is 0 Å². The molecule has 2 aromatic heterocycles. The number of pyridine rings is 1. The van der Waals surface area contributed by atoms with Crippen molar-refractivity contribution in [3.63, 3.8) is 0 Å². The number of hydrogen-bond donors (Lipinski definition) is 0. The lowest BCUT2D eigenvalue weighted by atomic mass is 10.0. The van der Waals surface area contributed by atoms with E-state index in [0.717, 1.165) is 22.8 Å². The van der Waals surface area contributed by atoms with Gasteiger partial charge in [-0.25, -0.2) is 4.98 Å². The van der Waals surface area contributed by atoms with Gasteiger partial charge in [-0.2, -0.15) is 0 Å². The molecule has 6 nitrogen and oxygen atoms in total. The van der Waals surface area contributed by atoms with Crippen molar-refractivity contribution in [2.45, 2.75) is 25.3 Å².